The molecule has 1 unspecified atom stereocenters. The molecule has 44 valence electrons. The van der Waals surface area contributed by atoms with Crippen molar-refractivity contribution in [3.8, 4) is 0 Å². The fraction of sp³-hybridized carbons (Fsp3) is 0.750. The monoisotopic (exact) mass is 115 g/mol. The van der Waals surface area contributed by atoms with Crippen LogP contribution in [0.2, 0.25) is 0 Å². The summed E-state index contributed by atoms with van der Waals surface area (Å²) in [6.45, 7) is 1.52. The first-order chi connectivity index (χ1) is 3.66. The Morgan fingerprint density at radius 2 is 2.50 bits per heavy atom. The third kappa shape index (κ3) is 3.58. The Balaban J connectivity index is 3.24. The van der Waals surface area contributed by atoms with Crippen molar-refractivity contribution in [1.82, 2.24) is 11.3 Å². The van der Waals surface area contributed by atoms with Crippen LogP contribution >= 0.6 is 0 Å². The van der Waals surface area contributed by atoms with E-state index in [2.05, 4.69) is 5.43 Å². The van der Waals surface area contributed by atoms with Gasteiger partial charge in [-0.05, 0) is 0 Å². The molecule has 0 spiro atoms. The summed E-state index contributed by atoms with van der Waals surface area (Å²) >= 11 is 0. The van der Waals surface area contributed by atoms with Gasteiger partial charge < -0.3 is 5.11 Å². The fourth-order valence-corrected chi connectivity index (χ4v) is 0.294. The minimum Gasteiger partial charge on any atom is -0.481 e. The molecule has 4 heteroatoms. The number of hydrogen-bond donors (Lipinski definition) is 1. The van der Waals surface area contributed by atoms with Crippen LogP contribution in [0.3, 0.4) is 0 Å². The molecule has 0 saturated heterocycles. The molecule has 4 radical (unpaired) electrons. The zero-order valence-electron chi connectivity index (χ0n) is 4.53. The largest absolute Gasteiger partial charge is 0.481 e. The molecule has 0 aliphatic rings. The molecule has 1 N–H and O–H groups in total. The van der Waals surface area contributed by atoms with Crippen molar-refractivity contribution in [3.63, 3.8) is 0 Å². The van der Waals surface area contributed by atoms with E-state index in [9.17, 15) is 4.79 Å². The lowest BCUT2D eigenvalue weighted by Gasteiger charge is -1.85. The highest BCUT2D eigenvalue weighted by Gasteiger charge is 2.18. The molecular formula is C4H7N2O2+. The standard InChI is InChI=1S/C4H7N2O2/c1-3(6-5)2-4(7)8/h3H,2H2,1H3,(H,7,8)/q+1. The van der Waals surface area contributed by atoms with E-state index in [1.165, 1.54) is 6.92 Å². The van der Waals surface area contributed by atoms with E-state index >= 15 is 0 Å². The lowest BCUT2D eigenvalue weighted by Crippen LogP contribution is -2.19. The van der Waals surface area contributed by atoms with Gasteiger partial charge in [-0.25, -0.2) is 0 Å². The van der Waals surface area contributed by atoms with Gasteiger partial charge in [0, 0.05) is 6.92 Å². The van der Waals surface area contributed by atoms with E-state index in [0.717, 1.165) is 0 Å². The maximum absolute atomic E-state index is 9.80. The molecular weight excluding hydrogens is 108 g/mol. The molecule has 0 aromatic heterocycles. The van der Waals surface area contributed by atoms with Crippen LogP contribution in [0.4, 0.5) is 0 Å². The van der Waals surface area contributed by atoms with Crippen LogP contribution in [0.15, 0.2) is 0 Å². The molecule has 1 atom stereocenters. The first kappa shape index (κ1) is 7.39. The quantitative estimate of drug-likeness (QED) is 0.500. The van der Waals surface area contributed by atoms with E-state index in [4.69, 9.17) is 10.9 Å². The van der Waals surface area contributed by atoms with Crippen molar-refractivity contribution in [2.75, 3.05) is 0 Å². The summed E-state index contributed by atoms with van der Waals surface area (Å²) < 4.78 is 0. The Hall–Kier alpha value is -0.610. The second-order valence-corrected chi connectivity index (χ2v) is 1.56. The normalized spacial score (nSPS) is 13.2. The second-order valence-electron chi connectivity index (χ2n) is 1.56. The summed E-state index contributed by atoms with van der Waals surface area (Å²) in [5, 5.41) is 8.04. The molecule has 0 aliphatic heterocycles. The number of rotatable bonds is 3. The first-order valence-electron chi connectivity index (χ1n) is 2.23. The molecule has 0 rings (SSSR count). The summed E-state index contributed by atoms with van der Waals surface area (Å²) in [5.74, 6) is 7.00. The Kier molecular flexibility index (Phi) is 3.14. The third-order valence-electron chi connectivity index (χ3n) is 0.667. The minimum absolute atomic E-state index is 0.115. The molecule has 0 saturated carbocycles. The predicted octanol–water partition coefficient (Wildman–Crippen LogP) is -0.562. The lowest BCUT2D eigenvalue weighted by atomic mass is 10.2. The van der Waals surface area contributed by atoms with Crippen LogP contribution in [-0.4, -0.2) is 17.1 Å². The van der Waals surface area contributed by atoms with Crippen molar-refractivity contribution in [3.05, 3.63) is 0 Å². The molecule has 0 aromatic rings. The van der Waals surface area contributed by atoms with E-state index < -0.39 is 12.0 Å². The van der Waals surface area contributed by atoms with Gasteiger partial charge in [0.15, 0.2) is 0 Å². The molecule has 0 heterocycles. The Bertz CT molecular complexity index is 84.1. The number of carboxylic acids is 1. The van der Waals surface area contributed by atoms with E-state index in [0.29, 0.717) is 0 Å². The van der Waals surface area contributed by atoms with E-state index in [1.807, 2.05) is 0 Å². The highest BCUT2D eigenvalue weighted by molar-refractivity contribution is 5.67. The van der Waals surface area contributed by atoms with Crippen LogP contribution < -0.4 is 11.3 Å². The average Bonchev–Trinajstić information content (AvgIpc) is 1.65. The van der Waals surface area contributed by atoms with E-state index in [1.54, 1.807) is 0 Å². The maximum Gasteiger partial charge on any atom is 0.309 e. The molecule has 0 fully saturated rings. The van der Waals surface area contributed by atoms with Gasteiger partial charge in [-0.3, -0.25) is 4.79 Å². The van der Waals surface area contributed by atoms with Crippen LogP contribution in [0.5, 0.6) is 0 Å². The van der Waals surface area contributed by atoms with Gasteiger partial charge >= 0.3 is 5.97 Å². The van der Waals surface area contributed by atoms with Gasteiger partial charge in [0.05, 0.1) is 0 Å². The second kappa shape index (κ2) is 3.40. The van der Waals surface area contributed by atoms with Gasteiger partial charge in [0.2, 0.25) is 11.5 Å². The summed E-state index contributed by atoms with van der Waals surface area (Å²) in [5.41, 5.74) is 2.75. The highest BCUT2D eigenvalue weighted by Crippen LogP contribution is 1.87. The fourth-order valence-electron chi connectivity index (χ4n) is 0.294. The molecule has 0 aliphatic carbocycles. The number of nitrogens with zero attached hydrogens (tertiary/aromatic N) is 2. The first-order valence-corrected chi connectivity index (χ1v) is 2.23. The predicted molar refractivity (Wildman–Crippen MR) is 26.0 cm³/mol. The van der Waals surface area contributed by atoms with Crippen molar-refractivity contribution in [2.45, 2.75) is 19.4 Å². The molecule has 0 amide bonds. The van der Waals surface area contributed by atoms with Crippen molar-refractivity contribution < 1.29 is 9.90 Å². The number of aliphatic carboxylic acids is 1. The van der Waals surface area contributed by atoms with Crippen molar-refractivity contribution in [2.24, 2.45) is 0 Å². The number of carbonyl (C=O) groups is 1. The van der Waals surface area contributed by atoms with Gasteiger partial charge in [-0.15, -0.1) is 0 Å². The zero-order valence-corrected chi connectivity index (χ0v) is 4.53. The van der Waals surface area contributed by atoms with Crippen LogP contribution in [0.25, 0.3) is 0 Å². The Morgan fingerprint density at radius 1 is 2.00 bits per heavy atom. The summed E-state index contributed by atoms with van der Waals surface area (Å²) in [7, 11) is 0. The minimum atomic E-state index is -0.949. The smallest absolute Gasteiger partial charge is 0.309 e. The van der Waals surface area contributed by atoms with Gasteiger partial charge in [0.1, 0.15) is 6.42 Å². The molecule has 8 heavy (non-hydrogen) atoms. The Morgan fingerprint density at radius 3 is 2.62 bits per heavy atom. The van der Waals surface area contributed by atoms with Crippen LogP contribution in [0, 0.1) is 0 Å². The summed E-state index contributed by atoms with van der Waals surface area (Å²) in [4.78, 5) is 9.80. The average molecular weight is 115 g/mol. The third-order valence-corrected chi connectivity index (χ3v) is 0.667. The van der Waals surface area contributed by atoms with Gasteiger partial charge in [-0.1, -0.05) is 0 Å². The summed E-state index contributed by atoms with van der Waals surface area (Å²) in [6, 6.07) is -0.493. The maximum atomic E-state index is 9.80. The Labute approximate surface area is 47.6 Å². The number of carboxylic acid groups (broad SMARTS) is 1. The topological polar surface area (TPSA) is 73.7 Å². The lowest BCUT2D eigenvalue weighted by molar-refractivity contribution is -0.137. The summed E-state index contributed by atoms with van der Waals surface area (Å²) in [6.07, 6.45) is -0.115. The van der Waals surface area contributed by atoms with Crippen molar-refractivity contribution in [1.29, 1.82) is 0 Å². The molecule has 4 nitrogen and oxygen atoms in total. The number of hydrogen-bond acceptors (Lipinski definition) is 1. The van der Waals surface area contributed by atoms with Crippen LogP contribution in [0.1, 0.15) is 13.3 Å². The molecule has 0 bridgehead atoms. The van der Waals surface area contributed by atoms with Gasteiger partial charge in [0.25, 0.3) is 5.84 Å². The van der Waals surface area contributed by atoms with Crippen LogP contribution in [-0.2, 0) is 4.79 Å². The van der Waals surface area contributed by atoms with E-state index in [-0.39, 0.29) is 6.42 Å². The van der Waals surface area contributed by atoms with Crippen molar-refractivity contribution >= 4 is 5.97 Å². The SMILES string of the molecule is CC(CC(=O)O)[N+][N]. The van der Waals surface area contributed by atoms with Gasteiger partial charge in [-0.2, -0.15) is 0 Å². The highest BCUT2D eigenvalue weighted by atomic mass is 16.4. The molecule has 0 aromatic carbocycles. The zero-order chi connectivity index (χ0) is 6.57.